The average Bonchev–Trinajstić information content (AvgIpc) is 3.10. The molecule has 1 fully saturated rings. The number of aromatic nitrogens is 1. The van der Waals surface area contributed by atoms with Crippen LogP contribution in [-0.2, 0) is 11.2 Å². The van der Waals surface area contributed by atoms with Gasteiger partial charge >= 0.3 is 0 Å². The van der Waals surface area contributed by atoms with Crippen LogP contribution in [0.5, 0.6) is 0 Å². The third-order valence-corrected chi connectivity index (χ3v) is 5.78. The fourth-order valence-corrected chi connectivity index (χ4v) is 4.60. The van der Waals surface area contributed by atoms with Crippen LogP contribution in [0.25, 0.3) is 0 Å². The maximum Gasteiger partial charge on any atom is 0.186 e. The quantitative estimate of drug-likeness (QED) is 0.671. The summed E-state index contributed by atoms with van der Waals surface area (Å²) in [5, 5.41) is 16.7. The number of benzene rings is 1. The van der Waals surface area contributed by atoms with E-state index in [1.165, 1.54) is 5.56 Å². The van der Waals surface area contributed by atoms with Crippen molar-refractivity contribution >= 4 is 16.5 Å². The first-order valence-corrected chi connectivity index (χ1v) is 9.76. The van der Waals surface area contributed by atoms with Crippen LogP contribution in [0, 0.1) is 0 Å². The van der Waals surface area contributed by atoms with Gasteiger partial charge in [-0.2, -0.15) is 0 Å². The van der Waals surface area contributed by atoms with Crippen LogP contribution in [-0.4, -0.2) is 55.6 Å². The molecule has 0 bridgehead atoms. The van der Waals surface area contributed by atoms with Gasteiger partial charge in [-0.3, -0.25) is 0 Å². The second kappa shape index (κ2) is 8.76. The lowest BCUT2D eigenvalue weighted by molar-refractivity contribution is 0.162. The minimum Gasteiger partial charge on any atom is -0.394 e. The summed E-state index contributed by atoms with van der Waals surface area (Å²) in [6, 6.07) is 10.9. The number of anilines is 1. The van der Waals surface area contributed by atoms with Crippen molar-refractivity contribution in [1.82, 2.24) is 10.3 Å². The van der Waals surface area contributed by atoms with Gasteiger partial charge in [0.05, 0.1) is 31.0 Å². The molecule has 2 heterocycles. The van der Waals surface area contributed by atoms with Crippen LogP contribution < -0.4 is 10.2 Å². The molecular weight excluding hydrogens is 334 g/mol. The number of ether oxygens (including phenoxy) is 1. The molecule has 0 aliphatic carbocycles. The zero-order valence-corrected chi connectivity index (χ0v) is 15.7. The smallest absolute Gasteiger partial charge is 0.186 e. The van der Waals surface area contributed by atoms with E-state index in [9.17, 15) is 5.11 Å². The predicted molar refractivity (Wildman–Crippen MR) is 103 cm³/mol. The van der Waals surface area contributed by atoms with E-state index in [2.05, 4.69) is 46.8 Å². The number of aliphatic hydroxyl groups is 1. The fraction of sp³-hybridized carbons (Fsp3) is 0.526. The molecule has 3 rings (SSSR count). The Bertz CT molecular complexity index is 649. The lowest BCUT2D eigenvalue weighted by Gasteiger charge is -2.55. The van der Waals surface area contributed by atoms with Crippen molar-refractivity contribution in [3.05, 3.63) is 47.0 Å². The molecule has 0 amide bonds. The summed E-state index contributed by atoms with van der Waals surface area (Å²) in [4.78, 5) is 7.05. The largest absolute Gasteiger partial charge is 0.394 e. The highest BCUT2D eigenvalue weighted by Gasteiger charge is 2.49. The number of hydrogen-bond donors (Lipinski definition) is 2. The summed E-state index contributed by atoms with van der Waals surface area (Å²) in [7, 11) is 1.72. The summed E-state index contributed by atoms with van der Waals surface area (Å²) < 4.78 is 5.13. The number of rotatable bonds is 9. The molecule has 0 spiro atoms. The number of nitrogens with zero attached hydrogens (tertiary/aromatic N) is 2. The van der Waals surface area contributed by atoms with Gasteiger partial charge < -0.3 is 20.1 Å². The van der Waals surface area contributed by atoms with Gasteiger partial charge in [-0.1, -0.05) is 37.3 Å². The molecule has 0 saturated carbocycles. The Morgan fingerprint density at radius 1 is 1.28 bits per heavy atom. The number of methoxy groups -OCH3 is 1. The van der Waals surface area contributed by atoms with Gasteiger partial charge in [0.1, 0.15) is 0 Å². The molecule has 5 nitrogen and oxygen atoms in total. The van der Waals surface area contributed by atoms with E-state index < -0.39 is 0 Å². The van der Waals surface area contributed by atoms with Crippen LogP contribution in [0.3, 0.4) is 0 Å². The normalized spacial score (nSPS) is 22.8. The Hall–Kier alpha value is -1.47. The monoisotopic (exact) mass is 361 g/mol. The van der Waals surface area contributed by atoms with Crippen molar-refractivity contribution < 1.29 is 9.84 Å². The van der Waals surface area contributed by atoms with Gasteiger partial charge in [-0.05, 0) is 12.0 Å². The van der Waals surface area contributed by atoms with Gasteiger partial charge in [0.2, 0.25) is 0 Å². The van der Waals surface area contributed by atoms with Crippen molar-refractivity contribution in [2.75, 3.05) is 38.3 Å². The molecule has 0 radical (unpaired) electrons. The summed E-state index contributed by atoms with van der Waals surface area (Å²) in [5.41, 5.74) is 2.40. The Morgan fingerprint density at radius 2 is 2.08 bits per heavy atom. The lowest BCUT2D eigenvalue weighted by Crippen LogP contribution is -2.67. The maximum absolute atomic E-state index is 10.0. The van der Waals surface area contributed by atoms with Crippen LogP contribution in [0.4, 0.5) is 5.13 Å². The third kappa shape index (κ3) is 3.87. The first-order valence-electron chi connectivity index (χ1n) is 8.88. The summed E-state index contributed by atoms with van der Waals surface area (Å²) in [5.74, 6) is 0.301. The Balaban J connectivity index is 1.81. The average molecular weight is 362 g/mol. The topological polar surface area (TPSA) is 57.6 Å². The number of thiazole rings is 1. The number of aliphatic hydroxyl groups excluding tert-OH is 1. The van der Waals surface area contributed by atoms with Crippen molar-refractivity contribution in [3.63, 3.8) is 0 Å². The van der Waals surface area contributed by atoms with E-state index in [0.717, 1.165) is 30.3 Å². The minimum atomic E-state index is 0.0764. The number of hydrogen-bond acceptors (Lipinski definition) is 6. The molecule has 1 aliphatic heterocycles. The zero-order valence-electron chi connectivity index (χ0n) is 14.9. The first-order chi connectivity index (χ1) is 12.3. The van der Waals surface area contributed by atoms with Crippen LogP contribution in [0.2, 0.25) is 0 Å². The second-order valence-corrected chi connectivity index (χ2v) is 7.17. The van der Waals surface area contributed by atoms with Crippen LogP contribution in [0.15, 0.2) is 35.7 Å². The van der Waals surface area contributed by atoms with E-state index in [0.29, 0.717) is 12.5 Å². The molecule has 6 heteroatoms. The first kappa shape index (κ1) is 18.3. The molecule has 1 saturated heterocycles. The maximum atomic E-state index is 10.0. The molecule has 1 aromatic carbocycles. The van der Waals surface area contributed by atoms with Crippen molar-refractivity contribution in [1.29, 1.82) is 0 Å². The van der Waals surface area contributed by atoms with Gasteiger partial charge in [0, 0.05) is 31.5 Å². The van der Waals surface area contributed by atoms with Crippen molar-refractivity contribution in [2.45, 2.75) is 31.3 Å². The highest BCUT2D eigenvalue weighted by molar-refractivity contribution is 7.13. The van der Waals surface area contributed by atoms with E-state index >= 15 is 0 Å². The standard InChI is InChI=1S/C19H27N3O2S/c1-3-15-13-25-19(21-15)22-16(11-20-9-10-24-2)18(17(22)12-23)14-7-5-4-6-8-14/h4-8,13,16-18,20,23H,3,9-12H2,1-2H3/t16-,17+,18+/m1/s1. The highest BCUT2D eigenvalue weighted by atomic mass is 32.1. The van der Waals surface area contributed by atoms with Gasteiger partial charge in [-0.15, -0.1) is 11.3 Å². The Labute approximate surface area is 153 Å². The van der Waals surface area contributed by atoms with E-state index in [1.807, 2.05) is 6.07 Å². The number of nitrogens with one attached hydrogen (secondary N) is 1. The Kier molecular flexibility index (Phi) is 6.42. The van der Waals surface area contributed by atoms with Crippen LogP contribution >= 0.6 is 11.3 Å². The van der Waals surface area contributed by atoms with Crippen molar-refractivity contribution in [3.8, 4) is 0 Å². The predicted octanol–water partition coefficient (Wildman–Crippen LogP) is 2.27. The molecule has 3 atom stereocenters. The third-order valence-electron chi connectivity index (χ3n) is 4.87. The fourth-order valence-electron chi connectivity index (χ4n) is 3.58. The Morgan fingerprint density at radius 3 is 2.72 bits per heavy atom. The molecule has 2 aromatic rings. The minimum absolute atomic E-state index is 0.0764. The molecule has 1 aromatic heterocycles. The van der Waals surface area contributed by atoms with Gasteiger partial charge in [0.25, 0.3) is 0 Å². The van der Waals surface area contributed by atoms with E-state index in [1.54, 1.807) is 18.4 Å². The molecule has 136 valence electrons. The molecule has 1 aliphatic rings. The van der Waals surface area contributed by atoms with Crippen LogP contribution in [0.1, 0.15) is 24.1 Å². The van der Waals surface area contributed by atoms with Crippen molar-refractivity contribution in [2.24, 2.45) is 0 Å². The number of aryl methyl sites for hydroxylation is 1. The summed E-state index contributed by atoms with van der Waals surface area (Å²) in [6.45, 7) is 4.62. The molecule has 2 N–H and O–H groups in total. The van der Waals surface area contributed by atoms with E-state index in [-0.39, 0.29) is 18.7 Å². The molecular formula is C19H27N3O2S. The molecule has 0 unspecified atom stereocenters. The summed E-state index contributed by atoms with van der Waals surface area (Å²) >= 11 is 1.67. The van der Waals surface area contributed by atoms with Gasteiger partial charge in [-0.25, -0.2) is 4.98 Å². The summed E-state index contributed by atoms with van der Waals surface area (Å²) in [6.07, 6.45) is 0.938. The second-order valence-electron chi connectivity index (χ2n) is 6.33. The van der Waals surface area contributed by atoms with E-state index in [4.69, 9.17) is 9.72 Å². The zero-order chi connectivity index (χ0) is 17.6. The lowest BCUT2D eigenvalue weighted by atomic mass is 9.75. The molecule has 25 heavy (non-hydrogen) atoms. The van der Waals surface area contributed by atoms with Gasteiger partial charge in [0.15, 0.2) is 5.13 Å². The highest BCUT2D eigenvalue weighted by Crippen LogP contribution is 2.44. The SMILES string of the molecule is CCc1csc(N2[C@H](CNCCOC)[C@H](c3ccccc3)[C@@H]2CO)n1.